The van der Waals surface area contributed by atoms with Crippen LogP contribution in [0, 0.1) is 0 Å². The van der Waals surface area contributed by atoms with E-state index in [4.69, 9.17) is 4.42 Å². The molecule has 0 aliphatic carbocycles. The van der Waals surface area contributed by atoms with Gasteiger partial charge in [-0.1, -0.05) is 36.4 Å². The lowest BCUT2D eigenvalue weighted by molar-refractivity contribution is 0.0945. The first-order valence-electron chi connectivity index (χ1n) is 8.31. The Labute approximate surface area is 145 Å². The van der Waals surface area contributed by atoms with Crippen molar-refractivity contribution in [3.63, 3.8) is 0 Å². The van der Waals surface area contributed by atoms with Crippen LogP contribution in [0.3, 0.4) is 0 Å². The van der Waals surface area contributed by atoms with Gasteiger partial charge in [-0.05, 0) is 38.1 Å². The number of fused-ring (bicyclic) bond motifs is 2. The second kappa shape index (κ2) is 6.06. The molecule has 0 bridgehead atoms. The number of benzene rings is 2. The Bertz CT molecular complexity index is 1050. The summed E-state index contributed by atoms with van der Waals surface area (Å²) in [6.45, 7) is 3.89. The molecule has 0 unspecified atom stereocenters. The first-order chi connectivity index (χ1) is 12.1. The molecule has 0 aliphatic rings. The Balaban J connectivity index is 1.91. The van der Waals surface area contributed by atoms with E-state index in [-0.39, 0.29) is 11.9 Å². The van der Waals surface area contributed by atoms with E-state index in [1.54, 1.807) is 6.07 Å². The number of carbonyl (C=O) groups excluding carboxylic acids is 1. The molecule has 4 aromatic rings. The molecule has 0 aliphatic heterocycles. The van der Waals surface area contributed by atoms with E-state index in [9.17, 15) is 4.79 Å². The lowest BCUT2D eigenvalue weighted by Crippen LogP contribution is -2.30. The average molecular weight is 330 g/mol. The molecule has 2 heterocycles. The number of para-hydroxylation sites is 2. The van der Waals surface area contributed by atoms with Gasteiger partial charge in [-0.3, -0.25) is 4.79 Å². The predicted octanol–water partition coefficient (Wildman–Crippen LogP) is 4.79. The third kappa shape index (κ3) is 2.87. The third-order valence-electron chi connectivity index (χ3n) is 4.06. The fourth-order valence-electron chi connectivity index (χ4n) is 2.94. The molecule has 25 heavy (non-hydrogen) atoms. The minimum atomic E-state index is -0.106. The Morgan fingerprint density at radius 2 is 1.80 bits per heavy atom. The number of hydrogen-bond donors (Lipinski definition) is 1. The zero-order valence-electron chi connectivity index (χ0n) is 14.1. The van der Waals surface area contributed by atoms with E-state index in [2.05, 4.69) is 10.3 Å². The van der Waals surface area contributed by atoms with E-state index in [1.165, 1.54) is 0 Å². The number of nitrogens with one attached hydrogen (secondary N) is 1. The molecule has 1 amide bonds. The summed E-state index contributed by atoms with van der Waals surface area (Å²) in [6.07, 6.45) is 0. The van der Waals surface area contributed by atoms with E-state index < -0.39 is 0 Å². The molecule has 0 radical (unpaired) electrons. The van der Waals surface area contributed by atoms with Crippen LogP contribution >= 0.6 is 0 Å². The SMILES string of the molecule is CC(C)NC(=O)c1cc(-c2cc3ccccc3o2)nc2ccccc12. The van der Waals surface area contributed by atoms with E-state index >= 15 is 0 Å². The number of amides is 1. The van der Waals surface area contributed by atoms with Gasteiger partial charge in [0.2, 0.25) is 0 Å². The molecule has 0 spiro atoms. The largest absolute Gasteiger partial charge is 0.454 e. The number of pyridine rings is 1. The molecule has 4 rings (SSSR count). The molecule has 2 aromatic carbocycles. The van der Waals surface area contributed by atoms with Crippen molar-refractivity contribution in [2.75, 3.05) is 0 Å². The zero-order valence-corrected chi connectivity index (χ0v) is 14.1. The number of furan rings is 1. The van der Waals surface area contributed by atoms with Gasteiger partial charge in [0.25, 0.3) is 5.91 Å². The Morgan fingerprint density at radius 1 is 1.04 bits per heavy atom. The summed E-state index contributed by atoms with van der Waals surface area (Å²) in [4.78, 5) is 17.3. The van der Waals surface area contributed by atoms with Crippen molar-refractivity contribution in [2.24, 2.45) is 0 Å². The molecular formula is C21H18N2O2. The summed E-state index contributed by atoms with van der Waals surface area (Å²) in [5.41, 5.74) is 2.84. The molecule has 0 saturated heterocycles. The standard InChI is InChI=1S/C21H18N2O2/c1-13(2)22-21(24)16-12-18(23-17-9-5-4-8-15(16)17)20-11-14-7-3-6-10-19(14)25-20/h3-13H,1-2H3,(H,22,24). The molecule has 124 valence electrons. The fourth-order valence-corrected chi connectivity index (χ4v) is 2.94. The van der Waals surface area contributed by atoms with Gasteiger partial charge in [0.1, 0.15) is 11.3 Å². The van der Waals surface area contributed by atoms with Gasteiger partial charge in [-0.15, -0.1) is 0 Å². The van der Waals surface area contributed by atoms with Crippen molar-refractivity contribution < 1.29 is 9.21 Å². The first kappa shape index (κ1) is 15.4. The second-order valence-electron chi connectivity index (χ2n) is 6.35. The predicted molar refractivity (Wildman–Crippen MR) is 99.6 cm³/mol. The van der Waals surface area contributed by atoms with Crippen molar-refractivity contribution in [1.29, 1.82) is 0 Å². The molecule has 1 N–H and O–H groups in total. The third-order valence-corrected chi connectivity index (χ3v) is 4.06. The Hall–Kier alpha value is -3.14. The monoisotopic (exact) mass is 330 g/mol. The van der Waals surface area contributed by atoms with Crippen molar-refractivity contribution in [3.8, 4) is 11.5 Å². The summed E-state index contributed by atoms with van der Waals surface area (Å²) >= 11 is 0. The second-order valence-corrected chi connectivity index (χ2v) is 6.35. The highest BCUT2D eigenvalue weighted by molar-refractivity contribution is 6.07. The van der Waals surface area contributed by atoms with Crippen molar-refractivity contribution in [1.82, 2.24) is 10.3 Å². The van der Waals surface area contributed by atoms with Crippen LogP contribution in [0.1, 0.15) is 24.2 Å². The van der Waals surface area contributed by atoms with Crippen LogP contribution in [0.25, 0.3) is 33.3 Å². The van der Waals surface area contributed by atoms with Gasteiger partial charge < -0.3 is 9.73 Å². The maximum atomic E-state index is 12.7. The number of rotatable bonds is 3. The minimum absolute atomic E-state index is 0.0640. The summed E-state index contributed by atoms with van der Waals surface area (Å²) in [6, 6.07) is 19.3. The molecule has 2 aromatic heterocycles. The van der Waals surface area contributed by atoms with Gasteiger partial charge >= 0.3 is 0 Å². The van der Waals surface area contributed by atoms with Gasteiger partial charge in [0.05, 0.1) is 11.1 Å². The molecule has 0 fully saturated rings. The first-order valence-corrected chi connectivity index (χ1v) is 8.31. The van der Waals surface area contributed by atoms with Crippen molar-refractivity contribution in [3.05, 3.63) is 66.2 Å². The molecule has 0 saturated carbocycles. The van der Waals surface area contributed by atoms with Gasteiger partial charge in [0, 0.05) is 16.8 Å². The van der Waals surface area contributed by atoms with Crippen molar-refractivity contribution >= 4 is 27.8 Å². The number of carbonyl (C=O) groups is 1. The van der Waals surface area contributed by atoms with E-state index in [0.717, 1.165) is 21.9 Å². The van der Waals surface area contributed by atoms with Crippen LogP contribution in [-0.2, 0) is 0 Å². The minimum Gasteiger partial charge on any atom is -0.454 e. The van der Waals surface area contributed by atoms with Gasteiger partial charge in [-0.25, -0.2) is 4.98 Å². The average Bonchev–Trinajstić information content (AvgIpc) is 3.04. The maximum Gasteiger partial charge on any atom is 0.252 e. The summed E-state index contributed by atoms with van der Waals surface area (Å²) < 4.78 is 5.92. The van der Waals surface area contributed by atoms with Gasteiger partial charge in [0.15, 0.2) is 5.76 Å². The van der Waals surface area contributed by atoms with Crippen LogP contribution in [0.2, 0.25) is 0 Å². The molecule has 4 heteroatoms. The van der Waals surface area contributed by atoms with E-state index in [0.29, 0.717) is 17.0 Å². The fraction of sp³-hybridized carbons (Fsp3) is 0.143. The topological polar surface area (TPSA) is 55.1 Å². The highest BCUT2D eigenvalue weighted by atomic mass is 16.3. The Kier molecular flexibility index (Phi) is 3.73. The molecule has 0 atom stereocenters. The highest BCUT2D eigenvalue weighted by Crippen LogP contribution is 2.29. The summed E-state index contributed by atoms with van der Waals surface area (Å²) in [5.74, 6) is 0.552. The maximum absolute atomic E-state index is 12.7. The molecular weight excluding hydrogens is 312 g/mol. The number of aromatic nitrogens is 1. The smallest absolute Gasteiger partial charge is 0.252 e. The van der Waals surface area contributed by atoms with Crippen LogP contribution in [0.15, 0.2) is 65.1 Å². The van der Waals surface area contributed by atoms with Crippen LogP contribution < -0.4 is 5.32 Å². The van der Waals surface area contributed by atoms with Crippen LogP contribution in [0.5, 0.6) is 0 Å². The zero-order chi connectivity index (χ0) is 17.4. The summed E-state index contributed by atoms with van der Waals surface area (Å²) in [7, 11) is 0. The normalized spacial score (nSPS) is 11.3. The molecule has 4 nitrogen and oxygen atoms in total. The van der Waals surface area contributed by atoms with Crippen LogP contribution in [0.4, 0.5) is 0 Å². The Morgan fingerprint density at radius 3 is 2.60 bits per heavy atom. The lowest BCUT2D eigenvalue weighted by Gasteiger charge is -2.11. The van der Waals surface area contributed by atoms with Gasteiger partial charge in [-0.2, -0.15) is 0 Å². The van der Waals surface area contributed by atoms with Crippen molar-refractivity contribution in [2.45, 2.75) is 19.9 Å². The number of nitrogens with zero attached hydrogens (tertiary/aromatic N) is 1. The lowest BCUT2D eigenvalue weighted by atomic mass is 10.1. The number of hydrogen-bond acceptors (Lipinski definition) is 3. The van der Waals surface area contributed by atoms with Crippen LogP contribution in [-0.4, -0.2) is 16.9 Å². The quantitative estimate of drug-likeness (QED) is 0.588. The highest BCUT2D eigenvalue weighted by Gasteiger charge is 2.16. The van der Waals surface area contributed by atoms with E-state index in [1.807, 2.05) is 68.4 Å². The summed E-state index contributed by atoms with van der Waals surface area (Å²) in [5, 5.41) is 4.81.